The van der Waals surface area contributed by atoms with Gasteiger partial charge in [0.15, 0.2) is 12.0 Å². The highest BCUT2D eigenvalue weighted by Crippen LogP contribution is 2.34. The van der Waals surface area contributed by atoms with E-state index in [-0.39, 0.29) is 29.7 Å². The highest BCUT2D eigenvalue weighted by atomic mass is 16.6. The van der Waals surface area contributed by atoms with E-state index in [0.717, 1.165) is 43.9 Å². The van der Waals surface area contributed by atoms with Crippen molar-refractivity contribution in [3.8, 4) is 0 Å². The van der Waals surface area contributed by atoms with Gasteiger partial charge in [0, 0.05) is 57.3 Å². The van der Waals surface area contributed by atoms with Crippen molar-refractivity contribution in [3.05, 3.63) is 82.1 Å². The first-order valence-electron chi connectivity index (χ1n) is 12.3. The second kappa shape index (κ2) is 10.1. The minimum Gasteiger partial charge on any atom is -0.511 e. The van der Waals surface area contributed by atoms with E-state index in [9.17, 15) is 14.7 Å². The van der Waals surface area contributed by atoms with Gasteiger partial charge in [-0.15, -0.1) is 0 Å². The van der Waals surface area contributed by atoms with Gasteiger partial charge in [0.05, 0.1) is 17.7 Å². The van der Waals surface area contributed by atoms with E-state index in [2.05, 4.69) is 14.8 Å². The number of carbonyl (C=O) groups is 2. The number of carbonyl (C=O) groups excluding carboxylic acids is 2. The quantitative estimate of drug-likeness (QED) is 0.508. The first kappa shape index (κ1) is 23.5. The van der Waals surface area contributed by atoms with Gasteiger partial charge in [-0.2, -0.15) is 0 Å². The van der Waals surface area contributed by atoms with E-state index < -0.39 is 0 Å². The number of rotatable bonds is 6. The molecule has 1 saturated heterocycles. The van der Waals surface area contributed by atoms with Crippen LogP contribution in [0.25, 0.3) is 0 Å². The zero-order chi connectivity index (χ0) is 24.4. The fourth-order valence-corrected chi connectivity index (χ4v) is 5.11. The predicted octanol–water partition coefficient (Wildman–Crippen LogP) is 3.81. The summed E-state index contributed by atoms with van der Waals surface area (Å²) in [6, 6.07) is 15.7. The lowest BCUT2D eigenvalue weighted by atomic mass is 9.83. The summed E-state index contributed by atoms with van der Waals surface area (Å²) >= 11 is 0. The van der Waals surface area contributed by atoms with Crippen LogP contribution in [0.15, 0.2) is 64.9 Å². The van der Waals surface area contributed by atoms with E-state index >= 15 is 0 Å². The molecule has 2 atom stereocenters. The Labute approximate surface area is 205 Å². The van der Waals surface area contributed by atoms with Crippen LogP contribution in [0.4, 0.5) is 0 Å². The molecule has 1 N–H and O–H groups in total. The van der Waals surface area contributed by atoms with Crippen LogP contribution in [0.3, 0.4) is 0 Å². The fourth-order valence-electron chi connectivity index (χ4n) is 5.11. The molecule has 5 rings (SSSR count). The third-order valence-electron chi connectivity index (χ3n) is 7.20. The number of nitrogens with zero attached hydrogens (tertiary/aromatic N) is 3. The summed E-state index contributed by atoms with van der Waals surface area (Å²) in [5.41, 5.74) is 4.22. The number of fused-ring (bicyclic) bond motifs is 1. The molecule has 182 valence electrons. The summed E-state index contributed by atoms with van der Waals surface area (Å²) < 4.78 is 5.62. The molecule has 2 aliphatic heterocycles. The van der Waals surface area contributed by atoms with Crippen LogP contribution in [-0.4, -0.2) is 72.1 Å². The minimum absolute atomic E-state index is 0.0163. The van der Waals surface area contributed by atoms with Gasteiger partial charge >= 0.3 is 5.97 Å². The van der Waals surface area contributed by atoms with Crippen molar-refractivity contribution < 1.29 is 19.4 Å². The maximum atomic E-state index is 12.7. The third kappa shape index (κ3) is 5.06. The van der Waals surface area contributed by atoms with Gasteiger partial charge in [-0.3, -0.25) is 19.6 Å². The zero-order valence-electron chi connectivity index (χ0n) is 20.0. The molecule has 7 heteroatoms. The van der Waals surface area contributed by atoms with Crippen LogP contribution in [0, 0.1) is 6.92 Å². The minimum atomic E-state index is -0.296. The van der Waals surface area contributed by atoms with Crippen molar-refractivity contribution in [1.29, 1.82) is 0 Å². The summed E-state index contributed by atoms with van der Waals surface area (Å²) in [4.78, 5) is 33.8. The number of piperazine rings is 1. The van der Waals surface area contributed by atoms with Crippen molar-refractivity contribution in [3.63, 3.8) is 0 Å². The van der Waals surface area contributed by atoms with Crippen LogP contribution in [-0.2, 0) is 9.53 Å². The number of esters is 1. The molecule has 0 spiro atoms. The van der Waals surface area contributed by atoms with Gasteiger partial charge in [0.2, 0.25) is 0 Å². The molecule has 0 amide bonds. The average Bonchev–Trinajstić information content (AvgIpc) is 3.20. The number of hydrogen-bond donors (Lipinski definition) is 1. The Hall–Kier alpha value is -3.29. The molecule has 3 aliphatic rings. The number of ketones is 1. The Morgan fingerprint density at radius 2 is 1.77 bits per heavy atom. The second-order valence-corrected chi connectivity index (χ2v) is 9.56. The molecule has 0 aromatic heterocycles. The highest BCUT2D eigenvalue weighted by molar-refractivity contribution is 6.14. The lowest BCUT2D eigenvalue weighted by Crippen LogP contribution is -2.48. The summed E-state index contributed by atoms with van der Waals surface area (Å²) in [5.74, 6) is -0.149. The number of benzene rings is 2. The maximum Gasteiger partial charge on any atom is 0.340 e. The van der Waals surface area contributed by atoms with Crippen molar-refractivity contribution in [1.82, 2.24) is 9.80 Å². The van der Waals surface area contributed by atoms with Gasteiger partial charge in [0.1, 0.15) is 5.76 Å². The van der Waals surface area contributed by atoms with Crippen LogP contribution < -0.4 is 0 Å². The van der Waals surface area contributed by atoms with Gasteiger partial charge in [0.25, 0.3) is 0 Å². The number of allylic oxidation sites excluding steroid dienone is 2. The number of ether oxygens (including phenoxy) is 1. The zero-order valence-corrected chi connectivity index (χ0v) is 20.0. The second-order valence-electron chi connectivity index (χ2n) is 9.56. The van der Waals surface area contributed by atoms with Gasteiger partial charge in [-0.1, -0.05) is 48.0 Å². The topological polar surface area (TPSA) is 82.4 Å². The lowest BCUT2D eigenvalue weighted by molar-refractivity contribution is -0.116. The lowest BCUT2D eigenvalue weighted by Gasteiger charge is -2.37. The molecule has 0 saturated carbocycles. The molecular weight excluding hydrogens is 442 g/mol. The van der Waals surface area contributed by atoms with Crippen molar-refractivity contribution in [2.75, 3.05) is 39.3 Å². The summed E-state index contributed by atoms with van der Waals surface area (Å²) in [7, 11) is 0. The number of hydrogen-bond acceptors (Lipinski definition) is 7. The smallest absolute Gasteiger partial charge is 0.340 e. The highest BCUT2D eigenvalue weighted by Gasteiger charge is 2.36. The molecule has 35 heavy (non-hydrogen) atoms. The standard InChI is InChI=1S/C28H31N3O4/c1-19-6-8-20(9-7-19)21-16-25(32)24(26(33)17-21)18-29-10-11-30-12-14-31(15-13-30)27-22-4-2-3-5-23(22)28(34)35-27/h2-9,18,21,27,32H,10-17H2,1H3. The average molecular weight is 474 g/mol. The molecule has 2 aromatic carbocycles. The predicted molar refractivity (Wildman–Crippen MR) is 134 cm³/mol. The molecule has 2 heterocycles. The number of aliphatic hydroxyl groups excluding tert-OH is 1. The van der Waals surface area contributed by atoms with Crippen LogP contribution in [0.5, 0.6) is 0 Å². The maximum absolute atomic E-state index is 12.7. The first-order chi connectivity index (χ1) is 17.0. The number of aryl methyl sites for hydroxylation is 1. The molecule has 7 nitrogen and oxygen atoms in total. The Bertz CT molecular complexity index is 1160. The summed E-state index contributed by atoms with van der Waals surface area (Å²) in [6.07, 6.45) is 2.11. The molecule has 2 aromatic rings. The Kier molecular flexibility index (Phi) is 6.79. The molecular formula is C28H31N3O4. The Morgan fingerprint density at radius 3 is 2.51 bits per heavy atom. The van der Waals surface area contributed by atoms with Crippen LogP contribution in [0.2, 0.25) is 0 Å². The fraction of sp³-hybridized carbons (Fsp3) is 0.393. The van der Waals surface area contributed by atoms with E-state index in [0.29, 0.717) is 30.5 Å². The van der Waals surface area contributed by atoms with E-state index in [1.165, 1.54) is 5.56 Å². The van der Waals surface area contributed by atoms with Crippen molar-refractivity contribution in [2.24, 2.45) is 4.99 Å². The van der Waals surface area contributed by atoms with E-state index in [1.807, 2.05) is 55.5 Å². The third-order valence-corrected chi connectivity index (χ3v) is 7.20. The van der Waals surface area contributed by atoms with Gasteiger partial charge in [-0.05, 0) is 24.5 Å². The SMILES string of the molecule is Cc1ccc(C2CC(=O)C(C=NCCN3CCN(C4OC(=O)c5ccccc54)CC3)=C(O)C2)cc1. The van der Waals surface area contributed by atoms with Gasteiger partial charge < -0.3 is 9.84 Å². The number of aliphatic imine (C=N–C) groups is 1. The molecule has 0 radical (unpaired) electrons. The number of cyclic esters (lactones) is 1. The van der Waals surface area contributed by atoms with Crippen LogP contribution >= 0.6 is 0 Å². The molecule has 2 unspecified atom stereocenters. The molecule has 1 fully saturated rings. The number of Topliss-reactive ketones (excluding diaryl/α,β-unsaturated/α-hetero) is 1. The Balaban J connectivity index is 1.10. The largest absolute Gasteiger partial charge is 0.511 e. The number of aliphatic hydroxyl groups is 1. The van der Waals surface area contributed by atoms with E-state index in [1.54, 1.807) is 6.21 Å². The first-order valence-corrected chi connectivity index (χ1v) is 12.3. The summed E-state index contributed by atoms with van der Waals surface area (Å²) in [6.45, 7) is 6.70. The Morgan fingerprint density at radius 1 is 1.03 bits per heavy atom. The summed E-state index contributed by atoms with van der Waals surface area (Å²) in [5, 5.41) is 10.5. The molecule has 1 aliphatic carbocycles. The normalized spacial score (nSPS) is 23.7. The van der Waals surface area contributed by atoms with Gasteiger partial charge in [-0.25, -0.2) is 4.79 Å². The monoisotopic (exact) mass is 473 g/mol. The van der Waals surface area contributed by atoms with E-state index in [4.69, 9.17) is 4.74 Å². The molecule has 0 bridgehead atoms. The van der Waals surface area contributed by atoms with Crippen LogP contribution in [0.1, 0.15) is 52.0 Å². The van der Waals surface area contributed by atoms with Crippen molar-refractivity contribution in [2.45, 2.75) is 31.9 Å². The van der Waals surface area contributed by atoms with Crippen molar-refractivity contribution >= 4 is 18.0 Å².